The highest BCUT2D eigenvalue weighted by atomic mass is 15.3. The number of hydrogen-bond acceptors (Lipinski definition) is 3. The number of likely N-dealkylation sites (N-methyl/N-ethyl adjacent to an activating group) is 1. The smallest absolute Gasteiger partial charge is 0.0254 e. The van der Waals surface area contributed by atoms with Crippen LogP contribution < -0.4 is 5.32 Å². The fourth-order valence-corrected chi connectivity index (χ4v) is 2.39. The zero-order valence-corrected chi connectivity index (χ0v) is 11.0. The fourth-order valence-electron chi connectivity index (χ4n) is 2.39. The van der Waals surface area contributed by atoms with Gasteiger partial charge in [-0.05, 0) is 20.9 Å². The highest BCUT2D eigenvalue weighted by Gasteiger charge is 2.23. The van der Waals surface area contributed by atoms with Gasteiger partial charge in [-0.1, -0.05) is 13.8 Å². The lowest BCUT2D eigenvalue weighted by Crippen LogP contribution is -2.55. The zero-order valence-electron chi connectivity index (χ0n) is 11.0. The summed E-state index contributed by atoms with van der Waals surface area (Å²) >= 11 is 0. The molecule has 15 heavy (non-hydrogen) atoms. The molecule has 0 aromatic rings. The maximum Gasteiger partial charge on any atom is 0.0254 e. The zero-order chi connectivity index (χ0) is 11.5. The molecular weight excluding hydrogens is 186 g/mol. The molecule has 1 N–H and O–H groups in total. The van der Waals surface area contributed by atoms with E-state index in [1.54, 1.807) is 0 Å². The Labute approximate surface area is 94.8 Å². The van der Waals surface area contributed by atoms with Gasteiger partial charge in [0.05, 0.1) is 0 Å². The standard InChI is InChI=1S/C12H27N3/c1-11(2)13-12(3,4)10-15-8-6-14(5)7-9-15/h11,13H,6-10H2,1-5H3. The largest absolute Gasteiger partial charge is 0.308 e. The van der Waals surface area contributed by atoms with Crippen LogP contribution >= 0.6 is 0 Å². The van der Waals surface area contributed by atoms with Crippen molar-refractivity contribution in [2.24, 2.45) is 0 Å². The third kappa shape index (κ3) is 4.96. The molecule has 3 heteroatoms. The number of hydrogen-bond donors (Lipinski definition) is 1. The maximum absolute atomic E-state index is 3.62. The second kappa shape index (κ2) is 5.28. The second-order valence-electron chi connectivity index (χ2n) is 5.76. The van der Waals surface area contributed by atoms with Crippen LogP contribution in [0.1, 0.15) is 27.7 Å². The molecule has 1 aliphatic heterocycles. The molecule has 0 amide bonds. The highest BCUT2D eigenvalue weighted by Crippen LogP contribution is 2.09. The number of nitrogens with one attached hydrogen (secondary N) is 1. The fraction of sp³-hybridized carbons (Fsp3) is 1.00. The van der Waals surface area contributed by atoms with E-state index in [2.05, 4.69) is 49.9 Å². The van der Waals surface area contributed by atoms with Crippen molar-refractivity contribution in [2.45, 2.75) is 39.3 Å². The molecule has 0 aromatic heterocycles. The van der Waals surface area contributed by atoms with Gasteiger partial charge in [-0.15, -0.1) is 0 Å². The molecule has 1 rings (SSSR count). The van der Waals surface area contributed by atoms with Crippen LogP contribution in [-0.2, 0) is 0 Å². The molecule has 1 fully saturated rings. The summed E-state index contributed by atoms with van der Waals surface area (Å²) in [6.07, 6.45) is 0. The van der Waals surface area contributed by atoms with Crippen molar-refractivity contribution in [1.29, 1.82) is 0 Å². The van der Waals surface area contributed by atoms with E-state index < -0.39 is 0 Å². The lowest BCUT2D eigenvalue weighted by atomic mass is 10.0. The average molecular weight is 213 g/mol. The van der Waals surface area contributed by atoms with Crippen LogP contribution in [0.3, 0.4) is 0 Å². The van der Waals surface area contributed by atoms with Crippen LogP contribution in [0.5, 0.6) is 0 Å². The minimum absolute atomic E-state index is 0.226. The third-order valence-electron chi connectivity index (χ3n) is 2.89. The molecule has 1 heterocycles. The number of rotatable bonds is 4. The van der Waals surface area contributed by atoms with E-state index in [0.29, 0.717) is 6.04 Å². The van der Waals surface area contributed by atoms with Crippen LogP contribution in [0.2, 0.25) is 0 Å². The predicted octanol–water partition coefficient (Wildman–Crippen LogP) is 1.01. The van der Waals surface area contributed by atoms with Crippen molar-refractivity contribution in [3.63, 3.8) is 0 Å². The van der Waals surface area contributed by atoms with Crippen molar-refractivity contribution < 1.29 is 0 Å². The molecule has 0 aromatic carbocycles. The molecule has 0 atom stereocenters. The van der Waals surface area contributed by atoms with E-state index in [0.717, 1.165) is 6.54 Å². The monoisotopic (exact) mass is 213 g/mol. The third-order valence-corrected chi connectivity index (χ3v) is 2.89. The normalized spacial score (nSPS) is 21.2. The first-order chi connectivity index (χ1) is 6.89. The molecule has 0 spiro atoms. The first-order valence-electron chi connectivity index (χ1n) is 6.08. The molecule has 3 nitrogen and oxygen atoms in total. The molecular formula is C12H27N3. The summed E-state index contributed by atoms with van der Waals surface area (Å²) < 4.78 is 0. The van der Waals surface area contributed by atoms with Crippen LogP contribution in [0.4, 0.5) is 0 Å². The summed E-state index contributed by atoms with van der Waals surface area (Å²) in [5.74, 6) is 0. The van der Waals surface area contributed by atoms with E-state index in [-0.39, 0.29) is 5.54 Å². The van der Waals surface area contributed by atoms with Crippen LogP contribution in [-0.4, -0.2) is 61.2 Å². The van der Waals surface area contributed by atoms with Gasteiger partial charge >= 0.3 is 0 Å². The van der Waals surface area contributed by atoms with Crippen LogP contribution in [0.15, 0.2) is 0 Å². The minimum Gasteiger partial charge on any atom is -0.308 e. The van der Waals surface area contributed by atoms with Crippen LogP contribution in [0, 0.1) is 0 Å². The SMILES string of the molecule is CC(C)NC(C)(C)CN1CCN(C)CC1. The summed E-state index contributed by atoms with van der Waals surface area (Å²) in [6, 6.07) is 0.562. The number of piperazine rings is 1. The lowest BCUT2D eigenvalue weighted by molar-refractivity contribution is 0.121. The quantitative estimate of drug-likeness (QED) is 0.752. The van der Waals surface area contributed by atoms with Gasteiger partial charge in [0.2, 0.25) is 0 Å². The van der Waals surface area contributed by atoms with E-state index in [1.165, 1.54) is 26.2 Å². The van der Waals surface area contributed by atoms with Crippen LogP contribution in [0.25, 0.3) is 0 Å². The molecule has 0 aliphatic carbocycles. The minimum atomic E-state index is 0.226. The summed E-state index contributed by atoms with van der Waals surface area (Å²) in [5.41, 5.74) is 0.226. The molecule has 1 saturated heterocycles. The van der Waals surface area contributed by atoms with Crippen molar-refractivity contribution >= 4 is 0 Å². The molecule has 0 radical (unpaired) electrons. The maximum atomic E-state index is 3.62. The van der Waals surface area contributed by atoms with Gasteiger partial charge in [-0.25, -0.2) is 0 Å². The average Bonchev–Trinajstić information content (AvgIpc) is 2.06. The Bertz CT molecular complexity index is 181. The van der Waals surface area contributed by atoms with E-state index in [1.807, 2.05) is 0 Å². The van der Waals surface area contributed by atoms with Gasteiger partial charge in [0.25, 0.3) is 0 Å². The predicted molar refractivity (Wildman–Crippen MR) is 66.3 cm³/mol. The second-order valence-corrected chi connectivity index (χ2v) is 5.76. The van der Waals surface area contributed by atoms with Gasteiger partial charge in [0.1, 0.15) is 0 Å². The van der Waals surface area contributed by atoms with Crippen molar-refractivity contribution in [1.82, 2.24) is 15.1 Å². The molecule has 0 bridgehead atoms. The molecule has 0 unspecified atom stereocenters. The van der Waals surface area contributed by atoms with Crippen molar-refractivity contribution in [2.75, 3.05) is 39.8 Å². The highest BCUT2D eigenvalue weighted by molar-refractivity contribution is 4.85. The Kier molecular flexibility index (Phi) is 4.56. The van der Waals surface area contributed by atoms with Gasteiger partial charge < -0.3 is 10.2 Å². The van der Waals surface area contributed by atoms with Gasteiger partial charge in [-0.2, -0.15) is 0 Å². The van der Waals surface area contributed by atoms with Gasteiger partial charge in [0.15, 0.2) is 0 Å². The Balaban J connectivity index is 2.33. The van der Waals surface area contributed by atoms with Crippen molar-refractivity contribution in [3.05, 3.63) is 0 Å². The first-order valence-corrected chi connectivity index (χ1v) is 6.08. The molecule has 0 saturated carbocycles. The Morgan fingerprint density at radius 1 is 1.13 bits per heavy atom. The Morgan fingerprint density at radius 2 is 1.67 bits per heavy atom. The Hall–Kier alpha value is -0.120. The number of nitrogens with zero attached hydrogens (tertiary/aromatic N) is 2. The Morgan fingerprint density at radius 3 is 2.13 bits per heavy atom. The van der Waals surface area contributed by atoms with Crippen molar-refractivity contribution in [3.8, 4) is 0 Å². The lowest BCUT2D eigenvalue weighted by Gasteiger charge is -2.39. The first kappa shape index (κ1) is 12.9. The van der Waals surface area contributed by atoms with Gasteiger partial charge in [-0.3, -0.25) is 4.90 Å². The van der Waals surface area contributed by atoms with Gasteiger partial charge in [0, 0.05) is 44.3 Å². The topological polar surface area (TPSA) is 18.5 Å². The summed E-state index contributed by atoms with van der Waals surface area (Å²) in [4.78, 5) is 4.97. The van der Waals surface area contributed by atoms with E-state index >= 15 is 0 Å². The van der Waals surface area contributed by atoms with E-state index in [4.69, 9.17) is 0 Å². The van der Waals surface area contributed by atoms with E-state index in [9.17, 15) is 0 Å². The summed E-state index contributed by atoms with van der Waals surface area (Å²) in [7, 11) is 2.20. The summed E-state index contributed by atoms with van der Waals surface area (Å²) in [5, 5.41) is 3.62. The molecule has 1 aliphatic rings. The molecule has 90 valence electrons. The summed E-state index contributed by atoms with van der Waals surface area (Å²) in [6.45, 7) is 15.0.